The number of piperidine rings is 1. The molecule has 0 bridgehead atoms. The Morgan fingerprint density at radius 1 is 0.875 bits per heavy atom. The fourth-order valence-electron chi connectivity index (χ4n) is 6.03. The number of esters is 2. The minimum atomic E-state index is -1.79. The van der Waals surface area contributed by atoms with Crippen molar-refractivity contribution in [2.75, 3.05) is 31.1 Å². The number of hydrogen-bond acceptors (Lipinski definition) is 6. The number of ether oxygens (including phenoxy) is 2. The van der Waals surface area contributed by atoms with E-state index in [1.165, 1.54) is 45.1 Å². The van der Waals surface area contributed by atoms with Crippen LogP contribution in [0.1, 0.15) is 56.9 Å². The molecule has 3 aliphatic heterocycles. The van der Waals surface area contributed by atoms with Crippen molar-refractivity contribution >= 4 is 23.5 Å². The monoisotopic (exact) mass is 440 g/mol. The smallest absolute Gasteiger partial charge is 0.405 e. The molecular weight excluding hydrogens is 408 g/mol. The third-order valence-electron chi connectivity index (χ3n) is 7.75. The topological polar surface area (TPSA) is 76.2 Å². The Balaban J connectivity index is 1.25. The molecule has 3 heterocycles. The highest BCUT2D eigenvalue weighted by atomic mass is 16.8. The fraction of sp³-hybridized carbons (Fsp3) is 0.640. The van der Waals surface area contributed by atoms with E-state index in [-0.39, 0.29) is 6.42 Å². The lowest BCUT2D eigenvalue weighted by Crippen LogP contribution is -2.55. The predicted molar refractivity (Wildman–Crippen MR) is 118 cm³/mol. The van der Waals surface area contributed by atoms with Crippen LogP contribution >= 0.6 is 0 Å². The number of anilines is 1. The molecule has 1 unspecified atom stereocenters. The van der Waals surface area contributed by atoms with Gasteiger partial charge in [0.2, 0.25) is 0 Å². The van der Waals surface area contributed by atoms with E-state index in [0.717, 1.165) is 42.6 Å². The normalized spacial score (nSPS) is 26.6. The second kappa shape index (κ2) is 8.85. The minimum Gasteiger partial charge on any atom is -0.405 e. The molecule has 3 saturated heterocycles. The predicted octanol–water partition coefficient (Wildman–Crippen LogP) is 3.05. The Morgan fingerprint density at radius 3 is 2.41 bits per heavy atom. The lowest BCUT2D eigenvalue weighted by molar-refractivity contribution is -0.192. The quantitative estimate of drug-likeness (QED) is 0.517. The van der Waals surface area contributed by atoms with E-state index in [4.69, 9.17) is 9.47 Å². The maximum Gasteiger partial charge on any atom is 0.421 e. The standard InChI is InChI=1S/C25H32N2O5/c28-22-23(29)32-25(31-22)13-6-14-27(24(25)30)21-10-5-4-9-19(21)11-15-26-16-12-20(17-26)18-7-2-1-3-8-18/h4-5,9-10,18,20H,1-3,6-8,11-17H2. The van der Waals surface area contributed by atoms with Crippen molar-refractivity contribution in [3.63, 3.8) is 0 Å². The third-order valence-corrected chi connectivity index (χ3v) is 7.75. The first-order valence-corrected chi connectivity index (χ1v) is 12.1. The number of nitrogens with zero attached hydrogens (tertiary/aromatic N) is 2. The molecular formula is C25H32N2O5. The van der Waals surface area contributed by atoms with Gasteiger partial charge in [0, 0.05) is 31.7 Å². The molecule has 7 heteroatoms. The first-order valence-electron chi connectivity index (χ1n) is 12.1. The maximum atomic E-state index is 13.2. The van der Waals surface area contributed by atoms with Crippen molar-refractivity contribution in [2.45, 2.75) is 63.6 Å². The Kier molecular flexibility index (Phi) is 5.93. The Labute approximate surface area is 189 Å². The van der Waals surface area contributed by atoms with Gasteiger partial charge in [0.05, 0.1) is 0 Å². The van der Waals surface area contributed by atoms with Crippen LogP contribution in [0.15, 0.2) is 24.3 Å². The van der Waals surface area contributed by atoms with Crippen molar-refractivity contribution in [1.29, 1.82) is 0 Å². The van der Waals surface area contributed by atoms with E-state index in [2.05, 4.69) is 11.0 Å². The van der Waals surface area contributed by atoms with E-state index < -0.39 is 23.6 Å². The summed E-state index contributed by atoms with van der Waals surface area (Å²) < 4.78 is 10.2. The van der Waals surface area contributed by atoms with Crippen LogP contribution in [0, 0.1) is 11.8 Å². The summed E-state index contributed by atoms with van der Waals surface area (Å²) in [7, 11) is 0. The van der Waals surface area contributed by atoms with Gasteiger partial charge in [-0.25, -0.2) is 9.59 Å². The van der Waals surface area contributed by atoms with Gasteiger partial charge >= 0.3 is 23.6 Å². The molecule has 4 fully saturated rings. The van der Waals surface area contributed by atoms with Gasteiger partial charge in [0.15, 0.2) is 0 Å². The van der Waals surface area contributed by atoms with Gasteiger partial charge in [-0.15, -0.1) is 0 Å². The summed E-state index contributed by atoms with van der Waals surface area (Å²) in [5.41, 5.74) is 1.91. The average Bonchev–Trinajstić information content (AvgIpc) is 3.40. The number of hydrogen-bond donors (Lipinski definition) is 0. The van der Waals surface area contributed by atoms with E-state index in [1.54, 1.807) is 4.90 Å². The Hall–Kier alpha value is -2.41. The highest BCUT2D eigenvalue weighted by Crippen LogP contribution is 2.37. The second-order valence-electron chi connectivity index (χ2n) is 9.72. The molecule has 5 rings (SSSR count). The number of carbonyl (C=O) groups excluding carboxylic acids is 3. The molecule has 0 aromatic heterocycles. The average molecular weight is 441 g/mol. The van der Waals surface area contributed by atoms with E-state index >= 15 is 0 Å². The van der Waals surface area contributed by atoms with Gasteiger partial charge in [-0.05, 0) is 49.3 Å². The Bertz CT molecular complexity index is 878. The highest BCUT2D eigenvalue weighted by molar-refractivity contribution is 6.32. The number of carbonyl (C=O) groups is 3. The molecule has 0 N–H and O–H groups in total. The van der Waals surface area contributed by atoms with Gasteiger partial charge in [0.25, 0.3) is 0 Å². The molecule has 172 valence electrons. The molecule has 1 aromatic carbocycles. The second-order valence-corrected chi connectivity index (χ2v) is 9.72. The number of amides is 1. The van der Waals surface area contributed by atoms with Crippen LogP contribution in [-0.4, -0.2) is 54.7 Å². The van der Waals surface area contributed by atoms with Crippen molar-refractivity contribution < 1.29 is 23.9 Å². The van der Waals surface area contributed by atoms with E-state index in [0.29, 0.717) is 13.0 Å². The summed E-state index contributed by atoms with van der Waals surface area (Å²) in [6, 6.07) is 7.90. The van der Waals surface area contributed by atoms with Crippen LogP contribution in [0.4, 0.5) is 5.69 Å². The van der Waals surface area contributed by atoms with Crippen LogP contribution in [-0.2, 0) is 30.3 Å². The van der Waals surface area contributed by atoms with Crippen molar-refractivity contribution in [3.05, 3.63) is 29.8 Å². The largest absolute Gasteiger partial charge is 0.421 e. The molecule has 1 saturated carbocycles. The van der Waals surface area contributed by atoms with Gasteiger partial charge in [0.1, 0.15) is 0 Å². The Morgan fingerprint density at radius 2 is 1.62 bits per heavy atom. The highest BCUT2D eigenvalue weighted by Gasteiger charge is 2.58. The van der Waals surface area contributed by atoms with Crippen molar-refractivity contribution in [1.82, 2.24) is 4.90 Å². The molecule has 32 heavy (non-hydrogen) atoms. The molecule has 1 aliphatic carbocycles. The van der Waals surface area contributed by atoms with Gasteiger partial charge in [-0.3, -0.25) is 4.79 Å². The lowest BCUT2D eigenvalue weighted by atomic mass is 9.80. The molecule has 1 amide bonds. The van der Waals surface area contributed by atoms with Crippen LogP contribution in [0.25, 0.3) is 0 Å². The summed E-state index contributed by atoms with van der Waals surface area (Å²) >= 11 is 0. The van der Waals surface area contributed by atoms with Gasteiger partial charge < -0.3 is 19.3 Å². The zero-order chi connectivity index (χ0) is 22.1. The number of likely N-dealkylation sites (tertiary alicyclic amines) is 1. The van der Waals surface area contributed by atoms with E-state index in [1.807, 2.05) is 18.2 Å². The third kappa shape index (κ3) is 4.03. The SMILES string of the molecule is O=C1OC2(CCCN(c3ccccc3CCN3CCC(C4CCCCC4)C3)C2=O)OC1=O. The van der Waals surface area contributed by atoms with Crippen molar-refractivity contribution in [2.24, 2.45) is 11.8 Å². The summed E-state index contributed by atoms with van der Waals surface area (Å²) in [5.74, 6) is -2.69. The summed E-state index contributed by atoms with van der Waals surface area (Å²) in [4.78, 5) is 40.7. The van der Waals surface area contributed by atoms with Gasteiger partial charge in [-0.2, -0.15) is 0 Å². The zero-order valence-corrected chi connectivity index (χ0v) is 18.6. The first kappa shape index (κ1) is 21.4. The minimum absolute atomic E-state index is 0.207. The maximum absolute atomic E-state index is 13.2. The van der Waals surface area contributed by atoms with Crippen LogP contribution < -0.4 is 4.90 Å². The molecule has 1 spiro atoms. The first-order chi connectivity index (χ1) is 15.6. The lowest BCUT2D eigenvalue weighted by Gasteiger charge is -2.36. The van der Waals surface area contributed by atoms with E-state index in [9.17, 15) is 14.4 Å². The zero-order valence-electron chi connectivity index (χ0n) is 18.6. The van der Waals surface area contributed by atoms with Crippen LogP contribution in [0.2, 0.25) is 0 Å². The molecule has 1 atom stereocenters. The van der Waals surface area contributed by atoms with Gasteiger partial charge in [-0.1, -0.05) is 50.3 Å². The number of rotatable bonds is 5. The summed E-state index contributed by atoms with van der Waals surface area (Å²) in [5, 5.41) is 0. The number of benzene rings is 1. The summed E-state index contributed by atoms with van der Waals surface area (Å²) in [6.45, 7) is 3.82. The fourth-order valence-corrected chi connectivity index (χ4v) is 6.03. The molecule has 7 nitrogen and oxygen atoms in total. The van der Waals surface area contributed by atoms with Crippen LogP contribution in [0.3, 0.4) is 0 Å². The van der Waals surface area contributed by atoms with Crippen LogP contribution in [0.5, 0.6) is 0 Å². The molecule has 4 aliphatic rings. The summed E-state index contributed by atoms with van der Waals surface area (Å²) in [6.07, 6.45) is 9.94. The molecule has 1 aromatic rings. The number of para-hydroxylation sites is 1. The molecule has 0 radical (unpaired) electrons. The van der Waals surface area contributed by atoms with Crippen molar-refractivity contribution in [3.8, 4) is 0 Å².